The van der Waals surface area contributed by atoms with E-state index in [2.05, 4.69) is 40.1 Å². The zero-order chi connectivity index (χ0) is 8.65. The molecule has 66 valence electrons. The largest absolute Gasteiger partial charge is 0.316 e. The van der Waals surface area contributed by atoms with Gasteiger partial charge in [-0.3, -0.25) is 0 Å². The molecule has 0 aliphatic heterocycles. The van der Waals surface area contributed by atoms with Crippen molar-refractivity contribution in [3.05, 3.63) is 0 Å². The zero-order valence-electron chi connectivity index (χ0n) is 8.44. The third-order valence-corrected chi connectivity index (χ3v) is 3.09. The quantitative estimate of drug-likeness (QED) is 0.659. The number of nitrogens with one attached hydrogen (secondary N) is 1. The van der Waals surface area contributed by atoms with E-state index >= 15 is 0 Å². The van der Waals surface area contributed by atoms with Crippen molar-refractivity contribution in [3.63, 3.8) is 0 Å². The Hall–Kier alpha value is -0.0400. The van der Waals surface area contributed by atoms with E-state index in [4.69, 9.17) is 0 Å². The van der Waals surface area contributed by atoms with Crippen LogP contribution in [0.15, 0.2) is 0 Å². The maximum Gasteiger partial charge on any atom is 0.0152 e. The van der Waals surface area contributed by atoms with Gasteiger partial charge in [0, 0.05) is 6.04 Å². The highest BCUT2D eigenvalue weighted by Crippen LogP contribution is 2.54. The summed E-state index contributed by atoms with van der Waals surface area (Å²) >= 11 is 0. The van der Waals surface area contributed by atoms with E-state index in [0.29, 0.717) is 5.41 Å². The molecule has 0 amide bonds. The van der Waals surface area contributed by atoms with Crippen molar-refractivity contribution in [2.45, 2.75) is 40.2 Å². The lowest BCUT2D eigenvalue weighted by atomic mass is 10.0. The minimum Gasteiger partial charge on any atom is -0.316 e. The summed E-state index contributed by atoms with van der Waals surface area (Å²) in [7, 11) is 2.08. The topological polar surface area (TPSA) is 12.0 Å². The maximum atomic E-state index is 3.38. The van der Waals surface area contributed by atoms with Crippen molar-refractivity contribution in [1.29, 1.82) is 0 Å². The Kier molecular flexibility index (Phi) is 2.29. The van der Waals surface area contributed by atoms with Gasteiger partial charge >= 0.3 is 0 Å². The van der Waals surface area contributed by atoms with Crippen LogP contribution in [0.25, 0.3) is 0 Å². The highest BCUT2D eigenvalue weighted by atomic mass is 15.0. The van der Waals surface area contributed by atoms with Crippen molar-refractivity contribution in [3.8, 4) is 0 Å². The Morgan fingerprint density at radius 1 is 1.36 bits per heavy atom. The molecule has 1 heteroatoms. The summed E-state index contributed by atoms with van der Waals surface area (Å²) in [5.41, 5.74) is 0.555. The molecule has 1 N–H and O–H groups in total. The van der Waals surface area contributed by atoms with Crippen molar-refractivity contribution in [2.75, 3.05) is 7.05 Å². The number of rotatable bonds is 3. The van der Waals surface area contributed by atoms with Gasteiger partial charge in [0.15, 0.2) is 0 Å². The Bertz CT molecular complexity index is 138. The lowest BCUT2D eigenvalue weighted by Crippen LogP contribution is -2.14. The summed E-state index contributed by atoms with van der Waals surface area (Å²) in [6.45, 7) is 9.34. The van der Waals surface area contributed by atoms with E-state index in [9.17, 15) is 0 Å². The van der Waals surface area contributed by atoms with Crippen LogP contribution in [-0.4, -0.2) is 13.1 Å². The van der Waals surface area contributed by atoms with Gasteiger partial charge in [-0.25, -0.2) is 0 Å². The predicted octanol–water partition coefficient (Wildman–Crippen LogP) is 2.28. The molecular weight excluding hydrogens is 134 g/mol. The Morgan fingerprint density at radius 2 is 1.91 bits per heavy atom. The molecule has 0 saturated heterocycles. The summed E-state index contributed by atoms with van der Waals surface area (Å²) in [5.74, 6) is 1.75. The highest BCUT2D eigenvalue weighted by Gasteiger charge is 2.56. The van der Waals surface area contributed by atoms with Crippen LogP contribution in [0, 0.1) is 17.3 Å². The predicted molar refractivity (Wildman–Crippen MR) is 49.6 cm³/mol. The number of hydrogen-bond acceptors (Lipinski definition) is 1. The first-order valence-corrected chi connectivity index (χ1v) is 4.67. The molecule has 1 fully saturated rings. The molecule has 0 aromatic heterocycles. The normalized spacial score (nSPS) is 34.4. The molecular formula is C10H21N. The molecule has 0 aromatic rings. The van der Waals surface area contributed by atoms with Crippen molar-refractivity contribution in [1.82, 2.24) is 5.32 Å². The lowest BCUT2D eigenvalue weighted by Gasteiger charge is -2.04. The molecule has 1 nitrogen and oxygen atoms in total. The van der Waals surface area contributed by atoms with Gasteiger partial charge in [-0.15, -0.1) is 0 Å². The first-order valence-electron chi connectivity index (χ1n) is 4.67. The molecule has 11 heavy (non-hydrogen) atoms. The Labute approximate surface area is 70.6 Å². The fourth-order valence-corrected chi connectivity index (χ4v) is 2.27. The highest BCUT2D eigenvalue weighted by molar-refractivity contribution is 5.09. The molecule has 2 unspecified atom stereocenters. The molecule has 1 saturated carbocycles. The van der Waals surface area contributed by atoms with Gasteiger partial charge in [0.1, 0.15) is 0 Å². The van der Waals surface area contributed by atoms with Crippen molar-refractivity contribution in [2.24, 2.45) is 17.3 Å². The summed E-state index contributed by atoms with van der Waals surface area (Å²) in [5, 5.41) is 3.38. The summed E-state index contributed by atoms with van der Waals surface area (Å²) in [6, 6.07) is 0.768. The first kappa shape index (κ1) is 9.05. The van der Waals surface area contributed by atoms with Crippen LogP contribution in [-0.2, 0) is 0 Å². The Morgan fingerprint density at radius 3 is 2.18 bits per heavy atom. The molecule has 1 aliphatic rings. The van der Waals surface area contributed by atoms with E-state index in [1.807, 2.05) is 0 Å². The lowest BCUT2D eigenvalue weighted by molar-refractivity contribution is 0.462. The second kappa shape index (κ2) is 2.78. The van der Waals surface area contributed by atoms with E-state index in [1.165, 1.54) is 6.42 Å². The second-order valence-corrected chi connectivity index (χ2v) is 4.82. The van der Waals surface area contributed by atoms with Gasteiger partial charge in [0.2, 0.25) is 0 Å². The SMILES string of the molecule is CNC1C(CC(C)C)C1(C)C. The standard InChI is InChI=1S/C10H21N/c1-7(2)6-8-9(11-5)10(8,3)4/h7-9,11H,6H2,1-5H3. The third kappa shape index (κ3) is 1.58. The van der Waals surface area contributed by atoms with Gasteiger partial charge in [-0.2, -0.15) is 0 Å². The van der Waals surface area contributed by atoms with E-state index < -0.39 is 0 Å². The van der Waals surface area contributed by atoms with Gasteiger partial charge in [0.25, 0.3) is 0 Å². The zero-order valence-corrected chi connectivity index (χ0v) is 8.44. The minimum atomic E-state index is 0.555. The smallest absolute Gasteiger partial charge is 0.0152 e. The van der Waals surface area contributed by atoms with Crippen molar-refractivity contribution < 1.29 is 0 Å². The number of hydrogen-bond donors (Lipinski definition) is 1. The first-order chi connectivity index (χ1) is 5.00. The van der Waals surface area contributed by atoms with Crippen LogP contribution in [0.3, 0.4) is 0 Å². The fourth-order valence-electron chi connectivity index (χ4n) is 2.27. The molecule has 0 aromatic carbocycles. The molecule has 0 spiro atoms. The molecule has 0 heterocycles. The van der Waals surface area contributed by atoms with Crippen LogP contribution >= 0.6 is 0 Å². The molecule has 0 bridgehead atoms. The molecule has 0 radical (unpaired) electrons. The molecule has 2 atom stereocenters. The van der Waals surface area contributed by atoms with Crippen LogP contribution in [0.2, 0.25) is 0 Å². The van der Waals surface area contributed by atoms with Gasteiger partial charge in [-0.1, -0.05) is 27.7 Å². The summed E-state index contributed by atoms with van der Waals surface area (Å²) < 4.78 is 0. The molecule has 1 rings (SSSR count). The van der Waals surface area contributed by atoms with Crippen LogP contribution < -0.4 is 5.32 Å². The van der Waals surface area contributed by atoms with E-state index in [0.717, 1.165) is 17.9 Å². The second-order valence-electron chi connectivity index (χ2n) is 4.82. The van der Waals surface area contributed by atoms with Gasteiger partial charge in [0.05, 0.1) is 0 Å². The molecule has 1 aliphatic carbocycles. The van der Waals surface area contributed by atoms with Crippen LogP contribution in [0.4, 0.5) is 0 Å². The monoisotopic (exact) mass is 155 g/mol. The maximum absolute atomic E-state index is 3.38. The Balaban J connectivity index is 2.39. The van der Waals surface area contributed by atoms with Crippen LogP contribution in [0.5, 0.6) is 0 Å². The van der Waals surface area contributed by atoms with Crippen LogP contribution in [0.1, 0.15) is 34.1 Å². The van der Waals surface area contributed by atoms with Gasteiger partial charge in [-0.05, 0) is 30.7 Å². The third-order valence-electron chi connectivity index (χ3n) is 3.09. The van der Waals surface area contributed by atoms with E-state index in [1.54, 1.807) is 0 Å². The minimum absolute atomic E-state index is 0.555. The van der Waals surface area contributed by atoms with Gasteiger partial charge < -0.3 is 5.32 Å². The average Bonchev–Trinajstić information content (AvgIpc) is 2.33. The average molecular weight is 155 g/mol. The van der Waals surface area contributed by atoms with Crippen molar-refractivity contribution >= 4 is 0 Å². The summed E-state index contributed by atoms with van der Waals surface area (Å²) in [6.07, 6.45) is 1.37. The van der Waals surface area contributed by atoms with E-state index in [-0.39, 0.29) is 0 Å². The fraction of sp³-hybridized carbons (Fsp3) is 1.00. The summed E-state index contributed by atoms with van der Waals surface area (Å²) in [4.78, 5) is 0.